The third-order valence-electron chi connectivity index (χ3n) is 1.77. The van der Waals surface area contributed by atoms with E-state index in [-0.39, 0.29) is 5.56 Å². The Hall–Kier alpha value is -2.02. The Morgan fingerprint density at radius 1 is 1.50 bits per heavy atom. The van der Waals surface area contributed by atoms with Crippen molar-refractivity contribution < 1.29 is 9.90 Å². The first-order valence-electron chi connectivity index (χ1n) is 4.33. The minimum Gasteiger partial charge on any atom is -0.478 e. The molecule has 16 heavy (non-hydrogen) atoms. The number of nitrogen functional groups attached to an aromatic ring is 1. The summed E-state index contributed by atoms with van der Waals surface area (Å²) in [6.07, 6.45) is 4.65. The van der Waals surface area contributed by atoms with Gasteiger partial charge in [-0.25, -0.2) is 14.8 Å². The van der Waals surface area contributed by atoms with Crippen LogP contribution in [0.25, 0.3) is 0 Å². The van der Waals surface area contributed by atoms with Gasteiger partial charge < -0.3 is 15.8 Å². The number of aromatic carboxylic acids is 1. The molecule has 6 nitrogen and oxygen atoms in total. The molecule has 0 spiro atoms. The van der Waals surface area contributed by atoms with E-state index in [1.54, 1.807) is 12.4 Å². The number of aromatic nitrogens is 3. The Balaban J connectivity index is 2.36. The van der Waals surface area contributed by atoms with Crippen molar-refractivity contribution in [1.82, 2.24) is 15.0 Å². The van der Waals surface area contributed by atoms with E-state index in [9.17, 15) is 4.79 Å². The van der Waals surface area contributed by atoms with Crippen LogP contribution in [0.5, 0.6) is 0 Å². The van der Waals surface area contributed by atoms with Crippen LogP contribution in [0, 0.1) is 0 Å². The normalized spacial score (nSPS) is 10.2. The van der Waals surface area contributed by atoms with E-state index in [1.165, 1.54) is 12.3 Å². The fourth-order valence-corrected chi connectivity index (χ4v) is 1.89. The first-order chi connectivity index (χ1) is 7.66. The van der Waals surface area contributed by atoms with Gasteiger partial charge in [0.25, 0.3) is 0 Å². The zero-order chi connectivity index (χ0) is 11.5. The van der Waals surface area contributed by atoms with Gasteiger partial charge in [-0.15, -0.1) is 0 Å². The first-order valence-corrected chi connectivity index (χ1v) is 5.14. The van der Waals surface area contributed by atoms with Crippen LogP contribution in [-0.4, -0.2) is 26.0 Å². The monoisotopic (exact) mass is 236 g/mol. The van der Waals surface area contributed by atoms with Crippen molar-refractivity contribution in [2.75, 3.05) is 5.73 Å². The molecule has 0 fully saturated rings. The van der Waals surface area contributed by atoms with Crippen molar-refractivity contribution in [3.8, 4) is 0 Å². The molecule has 2 heterocycles. The summed E-state index contributed by atoms with van der Waals surface area (Å²) in [4.78, 5) is 21.8. The molecule has 82 valence electrons. The van der Waals surface area contributed by atoms with Crippen LogP contribution >= 0.6 is 11.8 Å². The van der Waals surface area contributed by atoms with Gasteiger partial charge in [-0.05, 0) is 17.8 Å². The Bertz CT molecular complexity index is 512. The molecule has 0 saturated heterocycles. The second-order valence-electron chi connectivity index (χ2n) is 2.92. The molecule has 4 N–H and O–H groups in total. The Morgan fingerprint density at radius 2 is 2.31 bits per heavy atom. The number of hydrogen-bond acceptors (Lipinski definition) is 5. The van der Waals surface area contributed by atoms with Crippen molar-refractivity contribution >= 4 is 23.4 Å². The minimum atomic E-state index is -1.06. The fraction of sp³-hybridized carbons (Fsp3) is 0. The molecule has 2 aromatic heterocycles. The van der Waals surface area contributed by atoms with Gasteiger partial charge in [0, 0.05) is 12.4 Å². The van der Waals surface area contributed by atoms with Crippen molar-refractivity contribution in [2.24, 2.45) is 0 Å². The third-order valence-corrected chi connectivity index (χ3v) is 2.70. The van der Waals surface area contributed by atoms with Crippen molar-refractivity contribution in [1.29, 1.82) is 0 Å². The lowest BCUT2D eigenvalue weighted by Crippen LogP contribution is -2.02. The third kappa shape index (κ3) is 2.14. The maximum Gasteiger partial charge on any atom is 0.338 e. The molecule has 0 aliphatic heterocycles. The lowest BCUT2D eigenvalue weighted by atomic mass is 10.3. The molecule has 0 aliphatic carbocycles. The average Bonchev–Trinajstić information content (AvgIpc) is 2.73. The molecule has 7 heteroatoms. The van der Waals surface area contributed by atoms with Crippen LogP contribution in [0.2, 0.25) is 0 Å². The van der Waals surface area contributed by atoms with E-state index in [1.807, 2.05) is 0 Å². The Labute approximate surface area is 94.9 Å². The van der Waals surface area contributed by atoms with E-state index in [0.29, 0.717) is 15.9 Å². The van der Waals surface area contributed by atoms with E-state index >= 15 is 0 Å². The van der Waals surface area contributed by atoms with Gasteiger partial charge >= 0.3 is 5.97 Å². The number of carbonyl (C=O) groups is 1. The van der Waals surface area contributed by atoms with Gasteiger partial charge in [0.2, 0.25) is 0 Å². The zero-order valence-electron chi connectivity index (χ0n) is 8.04. The largest absolute Gasteiger partial charge is 0.478 e. The van der Waals surface area contributed by atoms with Gasteiger partial charge in [-0.3, -0.25) is 0 Å². The second kappa shape index (κ2) is 4.23. The fourth-order valence-electron chi connectivity index (χ4n) is 1.10. The quantitative estimate of drug-likeness (QED) is 0.740. The van der Waals surface area contributed by atoms with Gasteiger partial charge in [0.05, 0.1) is 17.4 Å². The highest BCUT2D eigenvalue weighted by Gasteiger charge is 2.14. The summed E-state index contributed by atoms with van der Waals surface area (Å²) in [5.74, 6) is -1.06. The summed E-state index contributed by atoms with van der Waals surface area (Å²) in [5.41, 5.74) is 5.87. The molecular formula is C9H8N4O2S. The molecule has 0 radical (unpaired) electrons. The van der Waals surface area contributed by atoms with Crippen LogP contribution < -0.4 is 5.73 Å². The highest BCUT2D eigenvalue weighted by Crippen LogP contribution is 2.26. The summed E-state index contributed by atoms with van der Waals surface area (Å²) >= 11 is 1.14. The van der Waals surface area contributed by atoms with Crippen molar-refractivity contribution in [2.45, 2.75) is 10.2 Å². The molecule has 2 rings (SSSR count). The van der Waals surface area contributed by atoms with Gasteiger partial charge in [-0.1, -0.05) is 0 Å². The number of pyridine rings is 1. The SMILES string of the molecule is Nc1cnc(Sc2ncc[nH]2)c(C(=O)O)c1. The molecule has 0 bridgehead atoms. The maximum absolute atomic E-state index is 11.0. The molecule has 0 amide bonds. The Morgan fingerprint density at radius 3 is 2.94 bits per heavy atom. The highest BCUT2D eigenvalue weighted by molar-refractivity contribution is 7.99. The predicted octanol–water partition coefficient (Wildman–Crippen LogP) is 1.24. The number of hydrogen-bond donors (Lipinski definition) is 3. The number of H-pyrrole nitrogens is 1. The Kier molecular flexibility index (Phi) is 2.78. The molecule has 0 aliphatic rings. The molecule has 0 unspecified atom stereocenters. The number of nitrogens with zero attached hydrogens (tertiary/aromatic N) is 2. The van der Waals surface area contributed by atoms with Crippen LogP contribution in [0.1, 0.15) is 10.4 Å². The van der Waals surface area contributed by atoms with Gasteiger partial charge in [-0.2, -0.15) is 0 Å². The van der Waals surface area contributed by atoms with E-state index in [2.05, 4.69) is 15.0 Å². The number of nitrogens with one attached hydrogen (secondary N) is 1. The van der Waals surface area contributed by atoms with Crippen LogP contribution in [-0.2, 0) is 0 Å². The number of aromatic amines is 1. The maximum atomic E-state index is 11.0. The number of nitrogens with two attached hydrogens (primary N) is 1. The first kappa shape index (κ1) is 10.5. The summed E-state index contributed by atoms with van der Waals surface area (Å²) in [6.45, 7) is 0. The number of imidazole rings is 1. The summed E-state index contributed by atoms with van der Waals surface area (Å²) in [6, 6.07) is 1.38. The zero-order valence-corrected chi connectivity index (χ0v) is 8.86. The lowest BCUT2D eigenvalue weighted by molar-refractivity contribution is 0.0692. The van der Waals surface area contributed by atoms with Crippen molar-refractivity contribution in [3.63, 3.8) is 0 Å². The highest BCUT2D eigenvalue weighted by atomic mass is 32.2. The summed E-state index contributed by atoms with van der Waals surface area (Å²) in [7, 11) is 0. The number of carboxylic acid groups (broad SMARTS) is 1. The molecule has 0 saturated carbocycles. The number of rotatable bonds is 3. The summed E-state index contributed by atoms with van der Waals surface area (Å²) < 4.78 is 0. The van der Waals surface area contributed by atoms with Crippen molar-refractivity contribution in [3.05, 3.63) is 30.2 Å². The average molecular weight is 236 g/mol. The van der Waals surface area contributed by atoms with E-state index < -0.39 is 5.97 Å². The lowest BCUT2D eigenvalue weighted by Gasteiger charge is -2.03. The smallest absolute Gasteiger partial charge is 0.338 e. The van der Waals surface area contributed by atoms with E-state index in [0.717, 1.165) is 11.8 Å². The second-order valence-corrected chi connectivity index (χ2v) is 3.90. The van der Waals surface area contributed by atoms with Gasteiger partial charge in [0.1, 0.15) is 5.03 Å². The molecule has 2 aromatic rings. The number of carboxylic acids is 1. The van der Waals surface area contributed by atoms with Crippen LogP contribution in [0.15, 0.2) is 34.8 Å². The molecule has 0 aromatic carbocycles. The molecular weight excluding hydrogens is 228 g/mol. The number of anilines is 1. The predicted molar refractivity (Wildman–Crippen MR) is 58.3 cm³/mol. The van der Waals surface area contributed by atoms with Crippen LogP contribution in [0.4, 0.5) is 5.69 Å². The van der Waals surface area contributed by atoms with Gasteiger partial charge in [0.15, 0.2) is 5.16 Å². The minimum absolute atomic E-state index is 0.0707. The summed E-state index contributed by atoms with van der Waals surface area (Å²) in [5, 5.41) is 9.92. The topological polar surface area (TPSA) is 105 Å². The van der Waals surface area contributed by atoms with Crippen LogP contribution in [0.3, 0.4) is 0 Å². The molecule has 0 atom stereocenters. The van der Waals surface area contributed by atoms with E-state index in [4.69, 9.17) is 10.8 Å². The standard InChI is InChI=1S/C9H8N4O2S/c10-5-3-6(8(14)15)7(13-4-5)16-9-11-1-2-12-9/h1-4H,10H2,(H,11,12)(H,14,15).